The van der Waals surface area contributed by atoms with Crippen LogP contribution in [-0.4, -0.2) is 23.9 Å². The summed E-state index contributed by atoms with van der Waals surface area (Å²) in [7, 11) is 0. The molecule has 0 aromatic heterocycles. The number of amides is 2. The number of carbonyl (C=O) groups excluding carboxylic acids is 1. The van der Waals surface area contributed by atoms with Gasteiger partial charge in [-0.1, -0.05) is 0 Å². The number of urea groups is 1. The molecule has 108 valence electrons. The van der Waals surface area contributed by atoms with Crippen LogP contribution in [0.1, 0.15) is 19.3 Å². The number of ether oxygens (including phenoxy) is 1. The molecule has 1 aliphatic rings. The summed E-state index contributed by atoms with van der Waals surface area (Å²) in [4.78, 5) is 26.6. The number of nitrogens with one attached hydrogen (secondary N) is 2. The first kappa shape index (κ1) is 14.2. The van der Waals surface area contributed by atoms with Gasteiger partial charge >= 0.3 is 6.03 Å². The van der Waals surface area contributed by atoms with Crippen LogP contribution in [0.25, 0.3) is 0 Å². The fourth-order valence-electron chi connectivity index (χ4n) is 1.75. The van der Waals surface area contributed by atoms with Gasteiger partial charge in [-0.05, 0) is 25.0 Å². The monoisotopic (exact) mass is 281 g/mol. The molecule has 0 aliphatic carbocycles. The molecule has 0 radical (unpaired) electrons. The third-order valence-corrected chi connectivity index (χ3v) is 2.76. The second-order valence-corrected chi connectivity index (χ2v) is 4.27. The third-order valence-electron chi connectivity index (χ3n) is 2.76. The molecule has 8 heteroatoms. The van der Waals surface area contributed by atoms with Crippen LogP contribution in [-0.2, 0) is 9.57 Å². The van der Waals surface area contributed by atoms with Gasteiger partial charge in [-0.2, -0.15) is 0 Å². The Bertz CT molecular complexity index is 470. The van der Waals surface area contributed by atoms with Crippen LogP contribution < -0.4 is 10.8 Å². The second-order valence-electron chi connectivity index (χ2n) is 4.27. The highest BCUT2D eigenvalue weighted by molar-refractivity contribution is 5.88. The molecule has 0 saturated carbocycles. The van der Waals surface area contributed by atoms with Crippen LogP contribution in [0.3, 0.4) is 0 Å². The first-order chi connectivity index (χ1) is 9.65. The number of nitro benzene ring substituents is 1. The highest BCUT2D eigenvalue weighted by Gasteiger charge is 2.15. The smallest absolute Gasteiger partial charge is 0.343 e. The van der Waals surface area contributed by atoms with Crippen molar-refractivity contribution in [3.05, 3.63) is 34.4 Å². The molecule has 1 unspecified atom stereocenters. The van der Waals surface area contributed by atoms with Crippen molar-refractivity contribution in [3.8, 4) is 0 Å². The van der Waals surface area contributed by atoms with Gasteiger partial charge in [0.25, 0.3) is 5.69 Å². The lowest BCUT2D eigenvalue weighted by molar-refractivity contribution is -0.384. The summed E-state index contributed by atoms with van der Waals surface area (Å²) in [6.45, 7) is 0.621. The van der Waals surface area contributed by atoms with E-state index < -0.39 is 17.2 Å². The number of carbonyl (C=O) groups is 1. The summed E-state index contributed by atoms with van der Waals surface area (Å²) in [5.74, 6) is 0. The fraction of sp³-hybridized carbons (Fsp3) is 0.417. The number of anilines is 1. The number of non-ortho nitro benzene ring substituents is 1. The topological polar surface area (TPSA) is 103 Å². The second kappa shape index (κ2) is 6.83. The van der Waals surface area contributed by atoms with Crippen molar-refractivity contribution in [1.82, 2.24) is 5.48 Å². The van der Waals surface area contributed by atoms with Gasteiger partial charge in [-0.3, -0.25) is 10.1 Å². The van der Waals surface area contributed by atoms with Crippen molar-refractivity contribution in [3.63, 3.8) is 0 Å². The van der Waals surface area contributed by atoms with E-state index in [0.717, 1.165) is 19.3 Å². The lowest BCUT2D eigenvalue weighted by atomic mass is 10.2. The average Bonchev–Trinajstić information content (AvgIpc) is 2.47. The molecule has 0 spiro atoms. The van der Waals surface area contributed by atoms with Gasteiger partial charge in [0.15, 0.2) is 6.29 Å². The minimum Gasteiger partial charge on any atom is -0.350 e. The van der Waals surface area contributed by atoms with Gasteiger partial charge in [0.05, 0.1) is 4.92 Å². The Kier molecular flexibility index (Phi) is 4.85. The average molecular weight is 281 g/mol. The van der Waals surface area contributed by atoms with Crippen LogP contribution in [0.2, 0.25) is 0 Å². The minimum atomic E-state index is -0.562. The van der Waals surface area contributed by atoms with Crippen LogP contribution in [0, 0.1) is 10.1 Å². The Morgan fingerprint density at radius 2 is 2.10 bits per heavy atom. The molecule has 0 bridgehead atoms. The zero-order valence-corrected chi connectivity index (χ0v) is 10.7. The van der Waals surface area contributed by atoms with Gasteiger partial charge in [-0.15, -0.1) is 0 Å². The van der Waals surface area contributed by atoms with Gasteiger partial charge in [0.1, 0.15) is 0 Å². The summed E-state index contributed by atoms with van der Waals surface area (Å²) in [5.41, 5.74) is 2.62. The molecular weight excluding hydrogens is 266 g/mol. The lowest BCUT2D eigenvalue weighted by Crippen LogP contribution is -2.35. The van der Waals surface area contributed by atoms with Gasteiger partial charge in [0.2, 0.25) is 0 Å². The van der Waals surface area contributed by atoms with Crippen molar-refractivity contribution >= 4 is 17.4 Å². The molecular formula is C12H15N3O5. The van der Waals surface area contributed by atoms with E-state index in [1.165, 1.54) is 24.3 Å². The van der Waals surface area contributed by atoms with Crippen molar-refractivity contribution in [2.45, 2.75) is 25.6 Å². The number of nitrogens with zero attached hydrogens (tertiary/aromatic N) is 1. The normalized spacial score (nSPS) is 18.3. The molecule has 20 heavy (non-hydrogen) atoms. The van der Waals surface area contributed by atoms with Crippen molar-refractivity contribution in [2.24, 2.45) is 0 Å². The maximum Gasteiger partial charge on any atom is 0.343 e. The molecule has 1 saturated heterocycles. The molecule has 1 atom stereocenters. The van der Waals surface area contributed by atoms with Gasteiger partial charge in [-0.25, -0.2) is 15.1 Å². The van der Waals surface area contributed by atoms with Crippen LogP contribution in [0.5, 0.6) is 0 Å². The highest BCUT2D eigenvalue weighted by atomic mass is 16.8. The first-order valence-corrected chi connectivity index (χ1v) is 6.24. The Morgan fingerprint density at radius 3 is 2.70 bits per heavy atom. The van der Waals surface area contributed by atoms with Crippen LogP contribution >= 0.6 is 0 Å². The highest BCUT2D eigenvalue weighted by Crippen LogP contribution is 2.15. The van der Waals surface area contributed by atoms with E-state index in [4.69, 9.17) is 9.57 Å². The molecule has 1 aromatic rings. The summed E-state index contributed by atoms with van der Waals surface area (Å²) >= 11 is 0. The number of nitro groups is 1. The first-order valence-electron chi connectivity index (χ1n) is 6.24. The molecule has 1 heterocycles. The summed E-state index contributed by atoms with van der Waals surface area (Å²) in [6, 6.07) is 4.93. The van der Waals surface area contributed by atoms with Crippen molar-refractivity contribution in [2.75, 3.05) is 11.9 Å². The van der Waals surface area contributed by atoms with E-state index in [2.05, 4.69) is 10.8 Å². The molecule has 1 aliphatic heterocycles. The summed E-state index contributed by atoms with van der Waals surface area (Å²) < 4.78 is 5.28. The maximum atomic E-state index is 11.5. The largest absolute Gasteiger partial charge is 0.350 e. The number of hydrogen-bond acceptors (Lipinski definition) is 5. The molecule has 1 fully saturated rings. The van der Waals surface area contributed by atoms with E-state index in [-0.39, 0.29) is 5.69 Å². The van der Waals surface area contributed by atoms with E-state index in [1.54, 1.807) is 0 Å². The predicted octanol–water partition coefficient (Wildman–Crippen LogP) is 2.17. The van der Waals surface area contributed by atoms with Gasteiger partial charge in [0, 0.05) is 30.8 Å². The predicted molar refractivity (Wildman–Crippen MR) is 69.9 cm³/mol. The minimum absolute atomic E-state index is 0.0391. The maximum absolute atomic E-state index is 11.5. The van der Waals surface area contributed by atoms with Crippen molar-refractivity contribution in [1.29, 1.82) is 0 Å². The summed E-state index contributed by atoms with van der Waals surface area (Å²) in [6.07, 6.45) is 2.30. The van der Waals surface area contributed by atoms with Crippen LogP contribution in [0.15, 0.2) is 24.3 Å². The molecule has 2 rings (SSSR count). The Hall–Kier alpha value is -2.19. The van der Waals surface area contributed by atoms with E-state index >= 15 is 0 Å². The van der Waals surface area contributed by atoms with Crippen molar-refractivity contribution < 1.29 is 19.3 Å². The lowest BCUT2D eigenvalue weighted by Gasteiger charge is -2.22. The number of benzene rings is 1. The Balaban J connectivity index is 1.77. The molecule has 1 aromatic carbocycles. The standard InChI is InChI=1S/C12H15N3O5/c16-12(14-20-11-3-1-2-8-19-11)13-9-4-6-10(7-5-9)15(17)18/h4-7,11H,1-3,8H2,(H2,13,14,16). The Labute approximate surface area is 115 Å². The van der Waals surface area contributed by atoms with E-state index in [0.29, 0.717) is 12.3 Å². The number of hydroxylamine groups is 1. The number of rotatable bonds is 4. The van der Waals surface area contributed by atoms with E-state index in [9.17, 15) is 14.9 Å². The fourth-order valence-corrected chi connectivity index (χ4v) is 1.75. The third kappa shape index (κ3) is 4.18. The SMILES string of the molecule is O=C(NOC1CCCCO1)Nc1ccc([N+](=O)[O-])cc1. The van der Waals surface area contributed by atoms with Gasteiger partial charge < -0.3 is 10.1 Å². The zero-order valence-electron chi connectivity index (χ0n) is 10.7. The Morgan fingerprint density at radius 1 is 1.35 bits per heavy atom. The number of hydrogen-bond donors (Lipinski definition) is 2. The van der Waals surface area contributed by atoms with E-state index in [1.807, 2.05) is 0 Å². The molecule has 2 amide bonds. The molecule has 8 nitrogen and oxygen atoms in total. The van der Waals surface area contributed by atoms with Crippen LogP contribution in [0.4, 0.5) is 16.2 Å². The zero-order chi connectivity index (χ0) is 14.4. The quantitative estimate of drug-likeness (QED) is 0.650. The summed E-state index contributed by atoms with van der Waals surface area (Å²) in [5, 5.41) is 13.0. The molecule has 2 N–H and O–H groups in total.